The maximum atomic E-state index is 11.7. The van der Waals surface area contributed by atoms with Crippen LogP contribution in [-0.4, -0.2) is 44.7 Å². The zero-order valence-electron chi connectivity index (χ0n) is 12.0. The maximum Gasteiger partial charge on any atom is 0.243 e. The number of anilines is 1. The molecule has 0 saturated carbocycles. The standard InChI is InChI=1S/C13H21N3O2.2ClH/c1-16(2)8-10-5-4-6-11(7-10)15-13(17)12(14)9-18-3;;/h4-7,12H,8-9,14H2,1-3H3,(H,15,17);2*1H. The first-order valence-electron chi connectivity index (χ1n) is 5.82. The third-order valence-electron chi connectivity index (χ3n) is 2.38. The lowest BCUT2D eigenvalue weighted by Gasteiger charge is -2.13. The van der Waals surface area contributed by atoms with Crippen molar-refractivity contribution < 1.29 is 9.53 Å². The van der Waals surface area contributed by atoms with Gasteiger partial charge in [0.25, 0.3) is 0 Å². The molecule has 1 aromatic rings. The van der Waals surface area contributed by atoms with Crippen LogP contribution >= 0.6 is 24.8 Å². The van der Waals surface area contributed by atoms with Crippen molar-refractivity contribution >= 4 is 36.4 Å². The number of benzene rings is 1. The molecule has 0 aromatic heterocycles. The van der Waals surface area contributed by atoms with Crippen molar-refractivity contribution in [3.05, 3.63) is 29.8 Å². The number of halogens is 2. The molecule has 0 bridgehead atoms. The Kier molecular flexibility index (Phi) is 11.7. The van der Waals surface area contributed by atoms with Gasteiger partial charge in [0.2, 0.25) is 5.91 Å². The van der Waals surface area contributed by atoms with Gasteiger partial charge < -0.3 is 20.7 Å². The molecule has 5 nitrogen and oxygen atoms in total. The van der Waals surface area contributed by atoms with E-state index in [-0.39, 0.29) is 37.3 Å². The van der Waals surface area contributed by atoms with Crippen molar-refractivity contribution in [1.29, 1.82) is 0 Å². The van der Waals surface area contributed by atoms with Crippen LogP contribution in [0.2, 0.25) is 0 Å². The highest BCUT2D eigenvalue weighted by Crippen LogP contribution is 2.12. The number of rotatable bonds is 6. The predicted octanol–water partition coefficient (Wildman–Crippen LogP) is 1.50. The summed E-state index contributed by atoms with van der Waals surface area (Å²) < 4.78 is 4.85. The van der Waals surface area contributed by atoms with Crippen LogP contribution in [0.1, 0.15) is 5.56 Å². The average Bonchev–Trinajstić information content (AvgIpc) is 2.28. The van der Waals surface area contributed by atoms with Gasteiger partial charge in [-0.2, -0.15) is 0 Å². The van der Waals surface area contributed by atoms with Gasteiger partial charge >= 0.3 is 0 Å². The number of hydrogen-bond acceptors (Lipinski definition) is 4. The lowest BCUT2D eigenvalue weighted by Crippen LogP contribution is -2.39. The second-order valence-corrected chi connectivity index (χ2v) is 4.49. The fourth-order valence-corrected chi connectivity index (χ4v) is 1.60. The highest BCUT2D eigenvalue weighted by atomic mass is 35.5. The van der Waals surface area contributed by atoms with Gasteiger partial charge in [0.1, 0.15) is 6.04 Å². The van der Waals surface area contributed by atoms with Crippen LogP contribution in [0, 0.1) is 0 Å². The summed E-state index contributed by atoms with van der Waals surface area (Å²) >= 11 is 0. The highest BCUT2D eigenvalue weighted by molar-refractivity contribution is 5.94. The first-order chi connectivity index (χ1) is 8.52. The summed E-state index contributed by atoms with van der Waals surface area (Å²) in [6.07, 6.45) is 0. The molecule has 1 aromatic carbocycles. The van der Waals surface area contributed by atoms with Crippen molar-refractivity contribution in [3.8, 4) is 0 Å². The Bertz CT molecular complexity index is 403. The topological polar surface area (TPSA) is 67.6 Å². The van der Waals surface area contributed by atoms with Crippen LogP contribution in [0.3, 0.4) is 0 Å². The highest BCUT2D eigenvalue weighted by Gasteiger charge is 2.13. The zero-order valence-corrected chi connectivity index (χ0v) is 13.6. The molecule has 7 heteroatoms. The molecular weight excluding hydrogens is 301 g/mol. The molecular formula is C13H23Cl2N3O2. The van der Waals surface area contributed by atoms with Crippen molar-refractivity contribution in [1.82, 2.24) is 4.90 Å². The lowest BCUT2D eigenvalue weighted by atomic mass is 10.2. The van der Waals surface area contributed by atoms with E-state index in [1.807, 2.05) is 38.4 Å². The first kappa shape index (κ1) is 21.4. The normalized spacial score (nSPS) is 11.2. The molecule has 1 amide bonds. The Balaban J connectivity index is 0. The van der Waals surface area contributed by atoms with E-state index in [9.17, 15) is 4.79 Å². The van der Waals surface area contributed by atoms with Gasteiger partial charge in [-0.25, -0.2) is 0 Å². The van der Waals surface area contributed by atoms with Crippen molar-refractivity contribution in [2.24, 2.45) is 5.73 Å². The summed E-state index contributed by atoms with van der Waals surface area (Å²) in [6, 6.07) is 7.07. The average molecular weight is 324 g/mol. The molecule has 3 N–H and O–H groups in total. The van der Waals surface area contributed by atoms with Gasteiger partial charge in [-0.05, 0) is 31.8 Å². The Hall–Kier alpha value is -0.850. The van der Waals surface area contributed by atoms with Gasteiger partial charge in [0, 0.05) is 19.3 Å². The third kappa shape index (κ3) is 7.67. The fraction of sp³-hybridized carbons (Fsp3) is 0.462. The molecule has 0 spiro atoms. The zero-order chi connectivity index (χ0) is 13.5. The quantitative estimate of drug-likeness (QED) is 0.832. The number of nitrogens with zero attached hydrogens (tertiary/aromatic N) is 1. The summed E-state index contributed by atoms with van der Waals surface area (Å²) in [6.45, 7) is 1.04. The number of carbonyl (C=O) groups is 1. The number of nitrogens with two attached hydrogens (primary N) is 1. The molecule has 0 aliphatic rings. The molecule has 0 fully saturated rings. The van der Waals surface area contributed by atoms with E-state index < -0.39 is 6.04 Å². The Morgan fingerprint density at radius 3 is 2.60 bits per heavy atom. The second kappa shape index (κ2) is 10.9. The monoisotopic (exact) mass is 323 g/mol. The van der Waals surface area contributed by atoms with Gasteiger partial charge in [-0.15, -0.1) is 24.8 Å². The fourth-order valence-electron chi connectivity index (χ4n) is 1.60. The van der Waals surface area contributed by atoms with Crippen LogP contribution in [0.15, 0.2) is 24.3 Å². The molecule has 0 heterocycles. The Labute approximate surface area is 132 Å². The van der Waals surface area contributed by atoms with Gasteiger partial charge in [0.15, 0.2) is 0 Å². The van der Waals surface area contributed by atoms with Gasteiger partial charge in [0.05, 0.1) is 6.61 Å². The van der Waals surface area contributed by atoms with Crippen molar-refractivity contribution in [2.45, 2.75) is 12.6 Å². The molecule has 1 rings (SSSR count). The van der Waals surface area contributed by atoms with Crippen LogP contribution in [0.4, 0.5) is 5.69 Å². The number of nitrogens with one attached hydrogen (secondary N) is 1. The molecule has 0 aliphatic carbocycles. The van der Waals surface area contributed by atoms with Crippen molar-refractivity contribution in [2.75, 3.05) is 33.1 Å². The largest absolute Gasteiger partial charge is 0.383 e. The Morgan fingerprint density at radius 2 is 2.05 bits per heavy atom. The number of carbonyl (C=O) groups excluding carboxylic acids is 1. The molecule has 0 aliphatic heterocycles. The molecule has 20 heavy (non-hydrogen) atoms. The smallest absolute Gasteiger partial charge is 0.243 e. The molecule has 0 saturated heterocycles. The second-order valence-electron chi connectivity index (χ2n) is 4.49. The predicted molar refractivity (Wildman–Crippen MR) is 86.8 cm³/mol. The summed E-state index contributed by atoms with van der Waals surface area (Å²) in [4.78, 5) is 13.8. The molecule has 116 valence electrons. The minimum Gasteiger partial charge on any atom is -0.383 e. The van der Waals surface area contributed by atoms with Crippen LogP contribution in [-0.2, 0) is 16.1 Å². The maximum absolute atomic E-state index is 11.7. The minimum absolute atomic E-state index is 0. The molecule has 1 unspecified atom stereocenters. The lowest BCUT2D eigenvalue weighted by molar-refractivity contribution is -0.118. The number of ether oxygens (including phenoxy) is 1. The van der Waals surface area contributed by atoms with Crippen LogP contribution < -0.4 is 11.1 Å². The summed E-state index contributed by atoms with van der Waals surface area (Å²) in [5.74, 6) is -0.237. The first-order valence-corrected chi connectivity index (χ1v) is 5.82. The minimum atomic E-state index is -0.646. The number of amides is 1. The van der Waals surface area contributed by atoms with E-state index in [2.05, 4.69) is 10.2 Å². The van der Waals surface area contributed by atoms with Crippen LogP contribution in [0.25, 0.3) is 0 Å². The SMILES string of the molecule is COCC(N)C(=O)Nc1cccc(CN(C)C)c1.Cl.Cl. The van der Waals surface area contributed by atoms with E-state index >= 15 is 0 Å². The van der Waals surface area contributed by atoms with Gasteiger partial charge in [-0.3, -0.25) is 4.79 Å². The van der Waals surface area contributed by atoms with E-state index in [0.29, 0.717) is 0 Å². The van der Waals surface area contributed by atoms with Gasteiger partial charge in [-0.1, -0.05) is 12.1 Å². The van der Waals surface area contributed by atoms with E-state index in [4.69, 9.17) is 10.5 Å². The molecule has 0 radical (unpaired) electrons. The number of hydrogen-bond donors (Lipinski definition) is 2. The van der Waals surface area contributed by atoms with Crippen LogP contribution in [0.5, 0.6) is 0 Å². The summed E-state index contributed by atoms with van der Waals surface area (Å²) in [5, 5.41) is 2.78. The number of methoxy groups -OCH3 is 1. The van der Waals surface area contributed by atoms with E-state index in [1.54, 1.807) is 0 Å². The summed E-state index contributed by atoms with van der Waals surface area (Å²) in [5.41, 5.74) is 7.54. The van der Waals surface area contributed by atoms with E-state index in [1.165, 1.54) is 7.11 Å². The van der Waals surface area contributed by atoms with E-state index in [0.717, 1.165) is 17.8 Å². The third-order valence-corrected chi connectivity index (χ3v) is 2.38. The molecule has 1 atom stereocenters. The Morgan fingerprint density at radius 1 is 1.40 bits per heavy atom. The summed E-state index contributed by atoms with van der Waals surface area (Å²) in [7, 11) is 5.52. The van der Waals surface area contributed by atoms with Crippen molar-refractivity contribution in [3.63, 3.8) is 0 Å².